The van der Waals surface area contributed by atoms with Gasteiger partial charge >= 0.3 is 23.9 Å². The van der Waals surface area contributed by atoms with Crippen LogP contribution in [0.15, 0.2) is 48.5 Å². The highest BCUT2D eigenvalue weighted by Crippen LogP contribution is 2.22. The predicted molar refractivity (Wildman–Crippen MR) is 222 cm³/mol. The maximum Gasteiger partial charge on any atom is 0.328 e. The van der Waals surface area contributed by atoms with Crippen molar-refractivity contribution in [3.63, 3.8) is 0 Å². The highest BCUT2D eigenvalue weighted by Gasteiger charge is 2.40. The number of ether oxygens (including phenoxy) is 2. The fraction of sp³-hybridized carbons (Fsp3) is 0.500. The molecule has 61 heavy (non-hydrogen) atoms. The van der Waals surface area contributed by atoms with Crippen molar-refractivity contribution in [2.75, 3.05) is 37.9 Å². The number of benzene rings is 2. The zero-order chi connectivity index (χ0) is 45.1. The van der Waals surface area contributed by atoms with Crippen molar-refractivity contribution in [3.8, 4) is 0 Å². The second kappa shape index (κ2) is 24.5. The molecule has 19 nitrogen and oxygen atoms in total. The van der Waals surface area contributed by atoms with Gasteiger partial charge in [-0.05, 0) is 74.3 Å². The summed E-state index contributed by atoms with van der Waals surface area (Å²) < 4.78 is 9.64. The summed E-state index contributed by atoms with van der Waals surface area (Å²) in [7, 11) is 2.32. The number of carboxylic acid groups (broad SMARTS) is 1. The summed E-state index contributed by atoms with van der Waals surface area (Å²) in [6, 6.07) is 8.56. The van der Waals surface area contributed by atoms with Gasteiger partial charge in [0.1, 0.15) is 24.2 Å². The van der Waals surface area contributed by atoms with Gasteiger partial charge in [-0.1, -0.05) is 44.2 Å². The standard InChI is InChI=1S/C42H57N7O12/c1-25(2)37(40(57)49-22-10-14-32(49)41(58)61-5)48-39(56)31(24-36(54)60-4)46-38(55)30(13-8-9-21-43-33(50)19-20-35(52)53)45-34(51)23-27-15-17-28(18-16-27)44-42(59)47-29-12-7-6-11-26(29)3/h6-7,11-12,15-18,25,30-32,37H,8-10,13-14,19-24H2,1-5H3,(H,43,50)(H,45,51)(H,46,55)(H,48,56)(H,52,53)(H2,44,47,59)/t30-,31-,32-,37-/m0/s1. The van der Waals surface area contributed by atoms with Crippen LogP contribution in [0.1, 0.15) is 76.3 Å². The van der Waals surface area contributed by atoms with E-state index in [0.717, 1.165) is 12.7 Å². The Morgan fingerprint density at radius 2 is 1.49 bits per heavy atom. The van der Waals surface area contributed by atoms with Crippen LogP contribution in [0.25, 0.3) is 0 Å². The van der Waals surface area contributed by atoms with Crippen LogP contribution < -0.4 is 31.9 Å². The Morgan fingerprint density at radius 3 is 2.13 bits per heavy atom. The topological polar surface area (TPSA) is 268 Å². The molecule has 1 aliphatic rings. The number of hydrogen-bond donors (Lipinski definition) is 7. The van der Waals surface area contributed by atoms with Crippen LogP contribution in [0.5, 0.6) is 0 Å². The number of anilines is 2. The van der Waals surface area contributed by atoms with Crippen molar-refractivity contribution in [3.05, 3.63) is 59.7 Å². The fourth-order valence-electron chi connectivity index (χ4n) is 6.50. The molecule has 1 fully saturated rings. The molecule has 0 bridgehead atoms. The smallest absolute Gasteiger partial charge is 0.328 e. The van der Waals surface area contributed by atoms with Crippen LogP contribution in [-0.4, -0.2) is 115 Å². The van der Waals surface area contributed by atoms with Crippen molar-refractivity contribution in [1.29, 1.82) is 0 Å². The summed E-state index contributed by atoms with van der Waals surface area (Å²) in [6.45, 7) is 5.66. The molecule has 7 N–H and O–H groups in total. The lowest BCUT2D eigenvalue weighted by Crippen LogP contribution is -2.59. The normalized spacial score (nSPS) is 14.7. The molecule has 2 aromatic rings. The van der Waals surface area contributed by atoms with E-state index < -0.39 is 90.0 Å². The van der Waals surface area contributed by atoms with Gasteiger partial charge in [0.25, 0.3) is 0 Å². The number of esters is 2. The predicted octanol–water partition coefficient (Wildman–Crippen LogP) is 2.17. The molecule has 1 saturated heterocycles. The summed E-state index contributed by atoms with van der Waals surface area (Å²) in [5.41, 5.74) is 2.54. The molecule has 7 amide bonds. The molecule has 332 valence electrons. The summed E-state index contributed by atoms with van der Waals surface area (Å²) >= 11 is 0. The van der Waals surface area contributed by atoms with Gasteiger partial charge in [0.05, 0.1) is 33.5 Å². The van der Waals surface area contributed by atoms with E-state index in [9.17, 15) is 43.2 Å². The van der Waals surface area contributed by atoms with Gasteiger partial charge in [-0.2, -0.15) is 0 Å². The number of amides is 7. The third-order valence-electron chi connectivity index (χ3n) is 9.90. The molecule has 0 aromatic heterocycles. The molecular weight excluding hydrogens is 794 g/mol. The monoisotopic (exact) mass is 851 g/mol. The van der Waals surface area contributed by atoms with Crippen LogP contribution in [0, 0.1) is 12.8 Å². The van der Waals surface area contributed by atoms with E-state index in [0.29, 0.717) is 36.2 Å². The van der Waals surface area contributed by atoms with E-state index in [-0.39, 0.29) is 45.2 Å². The Kier molecular flexibility index (Phi) is 19.6. The largest absolute Gasteiger partial charge is 0.481 e. The van der Waals surface area contributed by atoms with Crippen molar-refractivity contribution < 1.29 is 57.7 Å². The van der Waals surface area contributed by atoms with Gasteiger partial charge in [-0.3, -0.25) is 33.6 Å². The summed E-state index contributed by atoms with van der Waals surface area (Å²) in [5, 5.41) is 24.8. The van der Waals surface area contributed by atoms with Gasteiger partial charge in [0.2, 0.25) is 29.5 Å². The molecule has 0 spiro atoms. The van der Waals surface area contributed by atoms with Crippen LogP contribution in [0.2, 0.25) is 0 Å². The summed E-state index contributed by atoms with van der Waals surface area (Å²) in [4.78, 5) is 116. The number of unbranched alkanes of at least 4 members (excludes halogenated alkanes) is 1. The number of methoxy groups -OCH3 is 2. The molecule has 3 rings (SSSR count). The zero-order valence-corrected chi connectivity index (χ0v) is 35.2. The van der Waals surface area contributed by atoms with Gasteiger partial charge in [0.15, 0.2) is 0 Å². The first-order valence-electron chi connectivity index (χ1n) is 20.1. The third kappa shape index (κ3) is 16.2. The maximum absolute atomic E-state index is 13.9. The summed E-state index contributed by atoms with van der Waals surface area (Å²) in [5.74, 6) is -6.27. The fourth-order valence-corrected chi connectivity index (χ4v) is 6.50. The first-order valence-corrected chi connectivity index (χ1v) is 20.1. The van der Waals surface area contributed by atoms with Crippen LogP contribution in [-0.2, 0) is 54.3 Å². The first-order chi connectivity index (χ1) is 29.0. The minimum Gasteiger partial charge on any atom is -0.481 e. The van der Waals surface area contributed by atoms with Crippen LogP contribution in [0.4, 0.5) is 16.2 Å². The lowest BCUT2D eigenvalue weighted by molar-refractivity contribution is -0.152. The molecular formula is C42H57N7O12. The Labute approximate surface area is 354 Å². The quantitative estimate of drug-likeness (QED) is 0.0664. The number of carbonyl (C=O) groups excluding carboxylic acids is 8. The molecule has 19 heteroatoms. The molecule has 4 atom stereocenters. The van der Waals surface area contributed by atoms with E-state index >= 15 is 0 Å². The zero-order valence-electron chi connectivity index (χ0n) is 35.2. The van der Waals surface area contributed by atoms with Gasteiger partial charge < -0.3 is 51.4 Å². The average molecular weight is 852 g/mol. The molecule has 1 aliphatic heterocycles. The SMILES string of the molecule is COC(=O)C[C@H](NC(=O)[C@H](CCCCNC(=O)CCC(=O)O)NC(=O)Cc1ccc(NC(=O)Nc2ccccc2C)cc1)C(=O)N[C@H](C(=O)N1CCC[C@H]1C(=O)OC)C(C)C. The van der Waals surface area contributed by atoms with Crippen LogP contribution in [0.3, 0.4) is 0 Å². The Hall–Kier alpha value is -6.53. The number of aliphatic carboxylic acids is 1. The number of rotatable bonds is 22. The molecule has 0 unspecified atom stereocenters. The van der Waals surface area contributed by atoms with E-state index in [4.69, 9.17) is 14.6 Å². The maximum atomic E-state index is 13.9. The van der Waals surface area contributed by atoms with Gasteiger partial charge in [0, 0.05) is 30.9 Å². The number of carboxylic acids is 1. The van der Waals surface area contributed by atoms with Crippen LogP contribution >= 0.6 is 0 Å². The van der Waals surface area contributed by atoms with E-state index in [1.807, 2.05) is 19.1 Å². The van der Waals surface area contributed by atoms with Crippen molar-refractivity contribution in [2.45, 2.75) is 103 Å². The second-order valence-corrected chi connectivity index (χ2v) is 14.9. The Morgan fingerprint density at radius 1 is 0.803 bits per heavy atom. The van der Waals surface area contributed by atoms with Crippen molar-refractivity contribution in [2.24, 2.45) is 5.92 Å². The summed E-state index contributed by atoms with van der Waals surface area (Å²) in [6.07, 6.45) is 0.275. The minimum absolute atomic E-state index is 0.0327. The number of aryl methyl sites for hydroxylation is 1. The number of likely N-dealkylation sites (tertiary alicyclic amines) is 1. The van der Waals surface area contributed by atoms with Gasteiger partial charge in [-0.25, -0.2) is 9.59 Å². The number of urea groups is 1. The Balaban J connectivity index is 1.74. The number of hydrogen-bond acceptors (Lipinski definition) is 11. The average Bonchev–Trinajstić information content (AvgIpc) is 3.72. The Bertz CT molecular complexity index is 1890. The number of nitrogens with zero attached hydrogens (tertiary/aromatic N) is 1. The lowest BCUT2D eigenvalue weighted by Gasteiger charge is -2.31. The highest BCUT2D eigenvalue weighted by molar-refractivity contribution is 6.00. The second-order valence-electron chi connectivity index (χ2n) is 14.9. The number of nitrogens with one attached hydrogen (secondary N) is 6. The minimum atomic E-state index is -1.54. The lowest BCUT2D eigenvalue weighted by atomic mass is 10.0. The third-order valence-corrected chi connectivity index (χ3v) is 9.90. The van der Waals surface area contributed by atoms with E-state index in [2.05, 4.69) is 31.9 Å². The number of carbonyl (C=O) groups is 9. The molecule has 0 aliphatic carbocycles. The highest BCUT2D eigenvalue weighted by atomic mass is 16.5. The molecule has 0 saturated carbocycles. The number of para-hydroxylation sites is 1. The molecule has 0 radical (unpaired) electrons. The molecule has 2 aromatic carbocycles. The van der Waals surface area contributed by atoms with Crippen molar-refractivity contribution in [1.82, 2.24) is 26.2 Å². The van der Waals surface area contributed by atoms with Crippen molar-refractivity contribution >= 4 is 64.8 Å². The van der Waals surface area contributed by atoms with Gasteiger partial charge in [-0.15, -0.1) is 0 Å². The van der Waals surface area contributed by atoms with E-state index in [1.54, 1.807) is 50.2 Å². The first kappa shape index (κ1) is 48.8. The van der Waals surface area contributed by atoms with E-state index in [1.165, 1.54) is 12.0 Å². The molecule has 1 heterocycles.